The van der Waals surface area contributed by atoms with E-state index in [0.717, 1.165) is 30.6 Å². The van der Waals surface area contributed by atoms with Gasteiger partial charge in [0.25, 0.3) is 5.91 Å². The summed E-state index contributed by atoms with van der Waals surface area (Å²) < 4.78 is 5.99. The SMILES string of the molecule is O=C(c1cccc(=O)[nH]1)N1CCCC[C@@H]1c1ncc(Cc2cccc(Cl)c2)o1. The Kier molecular flexibility index (Phi) is 5.30. The van der Waals surface area contributed by atoms with Gasteiger partial charge in [-0.2, -0.15) is 0 Å². The third kappa shape index (κ3) is 4.02. The molecule has 0 bridgehead atoms. The van der Waals surface area contributed by atoms with Crippen molar-refractivity contribution in [2.45, 2.75) is 31.7 Å². The minimum absolute atomic E-state index is 0.211. The lowest BCUT2D eigenvalue weighted by Crippen LogP contribution is -2.39. The Morgan fingerprint density at radius 1 is 1.25 bits per heavy atom. The molecule has 1 fully saturated rings. The largest absolute Gasteiger partial charge is 0.443 e. The average Bonchev–Trinajstić information content (AvgIpc) is 3.16. The standard InChI is InChI=1S/C21H20ClN3O3/c22-15-6-3-5-14(11-15)12-16-13-23-20(28-16)18-8-1-2-10-25(18)21(27)17-7-4-9-19(26)24-17/h3-7,9,11,13,18H,1-2,8,10,12H2,(H,24,26)/t18-/m1/s1. The van der Waals surface area contributed by atoms with E-state index in [1.165, 1.54) is 6.07 Å². The van der Waals surface area contributed by atoms with Gasteiger partial charge in [-0.1, -0.05) is 29.8 Å². The number of nitrogens with zero attached hydrogens (tertiary/aromatic N) is 2. The van der Waals surface area contributed by atoms with Gasteiger partial charge in [0.05, 0.1) is 6.20 Å². The predicted molar refractivity (Wildman–Crippen MR) is 105 cm³/mol. The second kappa shape index (κ2) is 8.02. The van der Waals surface area contributed by atoms with E-state index in [9.17, 15) is 9.59 Å². The minimum atomic E-state index is -0.292. The van der Waals surface area contributed by atoms with Gasteiger partial charge in [-0.25, -0.2) is 4.98 Å². The second-order valence-electron chi connectivity index (χ2n) is 6.91. The first-order chi connectivity index (χ1) is 13.6. The molecule has 4 rings (SSSR count). The number of halogens is 1. The van der Waals surface area contributed by atoms with Crippen LogP contribution < -0.4 is 5.56 Å². The highest BCUT2D eigenvalue weighted by atomic mass is 35.5. The molecule has 1 amide bonds. The molecule has 1 saturated heterocycles. The molecule has 28 heavy (non-hydrogen) atoms. The van der Waals surface area contributed by atoms with E-state index in [1.54, 1.807) is 23.2 Å². The molecular weight excluding hydrogens is 378 g/mol. The predicted octanol–water partition coefficient (Wildman–Crippen LogP) is 3.97. The normalized spacial score (nSPS) is 16.9. The molecule has 0 radical (unpaired) electrons. The molecule has 1 aromatic carbocycles. The number of amides is 1. The molecule has 6 nitrogen and oxygen atoms in total. The van der Waals surface area contributed by atoms with Crippen LogP contribution in [0.5, 0.6) is 0 Å². The lowest BCUT2D eigenvalue weighted by atomic mass is 10.0. The molecule has 0 unspecified atom stereocenters. The molecule has 1 aliphatic rings. The summed E-state index contributed by atoms with van der Waals surface area (Å²) >= 11 is 6.05. The number of hydrogen-bond acceptors (Lipinski definition) is 4. The fourth-order valence-corrected chi connectivity index (χ4v) is 3.78. The number of likely N-dealkylation sites (tertiary alicyclic amines) is 1. The summed E-state index contributed by atoms with van der Waals surface area (Å²) in [6.45, 7) is 0.604. The molecule has 0 saturated carbocycles. The summed E-state index contributed by atoms with van der Waals surface area (Å²) in [6, 6.07) is 12.0. The summed E-state index contributed by atoms with van der Waals surface area (Å²) in [5, 5.41) is 0.679. The first-order valence-electron chi connectivity index (χ1n) is 9.29. The number of rotatable bonds is 4. The fraction of sp³-hybridized carbons (Fsp3) is 0.286. The zero-order chi connectivity index (χ0) is 19.5. The Labute approximate surface area is 167 Å². The van der Waals surface area contributed by atoms with Gasteiger partial charge in [0.15, 0.2) is 0 Å². The average molecular weight is 398 g/mol. The zero-order valence-corrected chi connectivity index (χ0v) is 16.0. The van der Waals surface area contributed by atoms with Crippen LogP contribution in [0.4, 0.5) is 0 Å². The summed E-state index contributed by atoms with van der Waals surface area (Å²) in [5.41, 5.74) is 1.03. The van der Waals surface area contributed by atoms with Crippen molar-refractivity contribution >= 4 is 17.5 Å². The van der Waals surface area contributed by atoms with Gasteiger partial charge in [-0.3, -0.25) is 9.59 Å². The number of piperidine rings is 1. The summed E-state index contributed by atoms with van der Waals surface area (Å²) in [6.07, 6.45) is 4.97. The molecule has 2 aromatic heterocycles. The Morgan fingerprint density at radius 2 is 2.11 bits per heavy atom. The summed E-state index contributed by atoms with van der Waals surface area (Å²) in [5.74, 6) is 1.05. The Balaban J connectivity index is 1.55. The van der Waals surface area contributed by atoms with Crippen LogP contribution in [0.15, 0.2) is 57.9 Å². The van der Waals surface area contributed by atoms with Crippen LogP contribution in [0.3, 0.4) is 0 Å². The van der Waals surface area contributed by atoms with Gasteiger partial charge in [0.1, 0.15) is 17.5 Å². The molecule has 1 N–H and O–H groups in total. The van der Waals surface area contributed by atoms with Gasteiger partial charge >= 0.3 is 0 Å². The van der Waals surface area contributed by atoms with Crippen LogP contribution in [0.2, 0.25) is 5.02 Å². The highest BCUT2D eigenvalue weighted by molar-refractivity contribution is 6.30. The zero-order valence-electron chi connectivity index (χ0n) is 15.2. The number of carbonyl (C=O) groups is 1. The summed E-state index contributed by atoms with van der Waals surface area (Å²) in [7, 11) is 0. The van der Waals surface area contributed by atoms with Gasteiger partial charge in [-0.05, 0) is 43.0 Å². The molecule has 0 spiro atoms. The maximum absolute atomic E-state index is 12.9. The highest BCUT2D eigenvalue weighted by Crippen LogP contribution is 2.32. The molecule has 1 atom stereocenters. The Hall–Kier alpha value is -2.86. The minimum Gasteiger partial charge on any atom is -0.443 e. The number of carbonyl (C=O) groups excluding carboxylic acids is 1. The van der Waals surface area contributed by atoms with E-state index in [1.807, 2.05) is 24.3 Å². The first kappa shape index (κ1) is 18.5. The Bertz CT molecular complexity index is 1040. The smallest absolute Gasteiger partial charge is 0.271 e. The number of benzene rings is 1. The molecule has 3 heterocycles. The van der Waals surface area contributed by atoms with Crippen LogP contribution in [-0.4, -0.2) is 27.3 Å². The number of H-pyrrole nitrogens is 1. The van der Waals surface area contributed by atoms with Crippen LogP contribution in [0.25, 0.3) is 0 Å². The van der Waals surface area contributed by atoms with Crippen molar-refractivity contribution in [1.82, 2.24) is 14.9 Å². The van der Waals surface area contributed by atoms with Crippen LogP contribution in [0.1, 0.15) is 53.0 Å². The van der Waals surface area contributed by atoms with Crippen molar-refractivity contribution in [3.05, 3.63) is 86.9 Å². The maximum atomic E-state index is 12.9. The van der Waals surface area contributed by atoms with Crippen LogP contribution in [-0.2, 0) is 6.42 Å². The van der Waals surface area contributed by atoms with Gasteiger partial charge < -0.3 is 14.3 Å². The van der Waals surface area contributed by atoms with E-state index in [2.05, 4.69) is 9.97 Å². The number of aromatic amines is 1. The second-order valence-corrected chi connectivity index (χ2v) is 7.35. The van der Waals surface area contributed by atoms with E-state index >= 15 is 0 Å². The quantitative estimate of drug-likeness (QED) is 0.722. The monoisotopic (exact) mass is 397 g/mol. The number of hydrogen-bond donors (Lipinski definition) is 1. The van der Waals surface area contributed by atoms with Gasteiger partial charge in [0, 0.05) is 24.1 Å². The van der Waals surface area contributed by atoms with Crippen molar-refractivity contribution in [2.24, 2.45) is 0 Å². The third-order valence-electron chi connectivity index (χ3n) is 4.89. The fourth-order valence-electron chi connectivity index (χ4n) is 3.57. The van der Waals surface area contributed by atoms with Gasteiger partial charge in [0.2, 0.25) is 11.4 Å². The molecule has 3 aromatic rings. The third-order valence-corrected chi connectivity index (χ3v) is 5.12. The molecule has 1 aliphatic heterocycles. The van der Waals surface area contributed by atoms with Crippen molar-refractivity contribution in [2.75, 3.05) is 6.54 Å². The van der Waals surface area contributed by atoms with Crippen LogP contribution >= 0.6 is 11.6 Å². The van der Waals surface area contributed by atoms with Crippen molar-refractivity contribution in [3.8, 4) is 0 Å². The Morgan fingerprint density at radius 3 is 2.93 bits per heavy atom. The molecule has 7 heteroatoms. The lowest BCUT2D eigenvalue weighted by Gasteiger charge is -2.33. The van der Waals surface area contributed by atoms with E-state index in [-0.39, 0.29) is 23.2 Å². The van der Waals surface area contributed by atoms with E-state index in [0.29, 0.717) is 23.9 Å². The number of nitrogens with one attached hydrogen (secondary N) is 1. The molecule has 0 aliphatic carbocycles. The lowest BCUT2D eigenvalue weighted by molar-refractivity contribution is 0.0563. The van der Waals surface area contributed by atoms with E-state index in [4.69, 9.17) is 16.0 Å². The van der Waals surface area contributed by atoms with Crippen molar-refractivity contribution in [1.29, 1.82) is 0 Å². The number of oxazole rings is 1. The van der Waals surface area contributed by atoms with Gasteiger partial charge in [-0.15, -0.1) is 0 Å². The molecule has 144 valence electrons. The van der Waals surface area contributed by atoms with Crippen molar-refractivity contribution < 1.29 is 9.21 Å². The summed E-state index contributed by atoms with van der Waals surface area (Å²) in [4.78, 5) is 33.3. The first-order valence-corrected chi connectivity index (χ1v) is 9.67. The topological polar surface area (TPSA) is 79.2 Å². The number of pyridine rings is 1. The van der Waals surface area contributed by atoms with E-state index < -0.39 is 0 Å². The van der Waals surface area contributed by atoms with Crippen molar-refractivity contribution in [3.63, 3.8) is 0 Å². The maximum Gasteiger partial charge on any atom is 0.271 e. The molecular formula is C21H20ClN3O3. The van der Waals surface area contributed by atoms with Crippen LogP contribution in [0, 0.1) is 0 Å². The number of aromatic nitrogens is 2. The highest BCUT2D eigenvalue weighted by Gasteiger charge is 2.32.